The van der Waals surface area contributed by atoms with E-state index in [9.17, 15) is 4.79 Å². The van der Waals surface area contributed by atoms with E-state index in [4.69, 9.17) is 0 Å². The highest BCUT2D eigenvalue weighted by Gasteiger charge is 2.26. The molecule has 17 heavy (non-hydrogen) atoms. The normalized spacial score (nSPS) is 26.1. The maximum absolute atomic E-state index is 12.1. The number of amides is 1. The molecule has 0 bridgehead atoms. The molecule has 0 aliphatic carbocycles. The molecule has 1 fully saturated rings. The lowest BCUT2D eigenvalue weighted by Gasteiger charge is -2.36. The van der Waals surface area contributed by atoms with E-state index in [1.807, 2.05) is 0 Å². The summed E-state index contributed by atoms with van der Waals surface area (Å²) in [6.45, 7) is 12.6. The number of carbonyl (C=O) groups excluding carboxylic acids is 1. The molecule has 1 rings (SSSR count). The van der Waals surface area contributed by atoms with Crippen LogP contribution < -0.4 is 5.32 Å². The van der Waals surface area contributed by atoms with Crippen LogP contribution in [0.1, 0.15) is 53.9 Å². The summed E-state index contributed by atoms with van der Waals surface area (Å²) in [7, 11) is 0. The number of nitrogens with one attached hydrogen (secondary N) is 1. The van der Waals surface area contributed by atoms with Crippen molar-refractivity contribution in [1.82, 2.24) is 10.2 Å². The van der Waals surface area contributed by atoms with Crippen LogP contribution in [0.15, 0.2) is 0 Å². The van der Waals surface area contributed by atoms with Crippen LogP contribution in [0.4, 0.5) is 0 Å². The Kier molecular flexibility index (Phi) is 4.99. The Balaban J connectivity index is 2.32. The fourth-order valence-corrected chi connectivity index (χ4v) is 2.47. The number of carbonyl (C=O) groups is 1. The fourth-order valence-electron chi connectivity index (χ4n) is 2.47. The summed E-state index contributed by atoms with van der Waals surface area (Å²) in [5, 5.41) is 3.37. The van der Waals surface area contributed by atoms with Gasteiger partial charge in [0.15, 0.2) is 0 Å². The monoisotopic (exact) mass is 240 g/mol. The van der Waals surface area contributed by atoms with Crippen LogP contribution in [0, 0.1) is 5.92 Å². The molecular formula is C14H28N2O. The van der Waals surface area contributed by atoms with E-state index >= 15 is 0 Å². The van der Waals surface area contributed by atoms with Gasteiger partial charge in [0.1, 0.15) is 0 Å². The molecular weight excluding hydrogens is 212 g/mol. The first-order valence-corrected chi connectivity index (χ1v) is 6.84. The molecule has 1 heterocycles. The third kappa shape index (κ3) is 5.07. The fraction of sp³-hybridized carbons (Fsp3) is 0.929. The van der Waals surface area contributed by atoms with Crippen LogP contribution in [0.5, 0.6) is 0 Å². The Morgan fingerprint density at radius 1 is 1.35 bits per heavy atom. The van der Waals surface area contributed by atoms with Crippen LogP contribution in [-0.4, -0.2) is 35.5 Å². The Hall–Kier alpha value is -0.570. The Morgan fingerprint density at radius 3 is 2.53 bits per heavy atom. The zero-order chi connectivity index (χ0) is 13.1. The van der Waals surface area contributed by atoms with E-state index in [1.54, 1.807) is 0 Å². The first kappa shape index (κ1) is 14.5. The summed E-state index contributed by atoms with van der Waals surface area (Å²) in [6.07, 6.45) is 2.93. The van der Waals surface area contributed by atoms with Gasteiger partial charge in [-0.2, -0.15) is 0 Å². The van der Waals surface area contributed by atoms with Gasteiger partial charge < -0.3 is 10.2 Å². The van der Waals surface area contributed by atoms with Crippen molar-refractivity contribution in [1.29, 1.82) is 0 Å². The van der Waals surface area contributed by atoms with Crippen molar-refractivity contribution < 1.29 is 4.79 Å². The lowest BCUT2D eigenvalue weighted by molar-refractivity contribution is -0.135. The molecule has 1 N–H and O–H groups in total. The van der Waals surface area contributed by atoms with Crippen LogP contribution in [0.25, 0.3) is 0 Å². The van der Waals surface area contributed by atoms with Gasteiger partial charge in [0.2, 0.25) is 5.91 Å². The number of likely N-dealkylation sites (tertiary alicyclic amines) is 1. The Labute approximate surface area is 106 Å². The summed E-state index contributed by atoms with van der Waals surface area (Å²) in [5.41, 5.74) is 0.0995. The average Bonchev–Trinajstić information content (AvgIpc) is 2.15. The van der Waals surface area contributed by atoms with E-state index in [-0.39, 0.29) is 5.54 Å². The quantitative estimate of drug-likeness (QED) is 0.821. The topological polar surface area (TPSA) is 32.3 Å². The highest BCUT2D eigenvalue weighted by atomic mass is 16.2. The predicted octanol–water partition coefficient (Wildman–Crippen LogP) is 2.41. The van der Waals surface area contributed by atoms with Crippen molar-refractivity contribution in [2.75, 3.05) is 13.1 Å². The van der Waals surface area contributed by atoms with Gasteiger partial charge in [0, 0.05) is 31.1 Å². The third-order valence-electron chi connectivity index (χ3n) is 3.45. The van der Waals surface area contributed by atoms with Crippen LogP contribution in [0.3, 0.4) is 0 Å². The molecule has 0 aromatic heterocycles. The summed E-state index contributed by atoms with van der Waals surface area (Å²) in [4.78, 5) is 14.1. The standard InChI is InChI=1S/C14H28N2O/c1-11-7-9-16(12(2)10-11)13(17)6-8-15-14(3,4)5/h11-12,15H,6-10H2,1-5H3. The van der Waals surface area contributed by atoms with Gasteiger partial charge >= 0.3 is 0 Å². The molecule has 3 heteroatoms. The summed E-state index contributed by atoms with van der Waals surface area (Å²) >= 11 is 0. The van der Waals surface area contributed by atoms with Crippen molar-refractivity contribution in [3.63, 3.8) is 0 Å². The average molecular weight is 240 g/mol. The number of hydrogen-bond acceptors (Lipinski definition) is 2. The largest absolute Gasteiger partial charge is 0.340 e. The molecule has 1 amide bonds. The Morgan fingerprint density at radius 2 is 2.00 bits per heavy atom. The van der Waals surface area contributed by atoms with Gasteiger partial charge in [-0.1, -0.05) is 6.92 Å². The van der Waals surface area contributed by atoms with Crippen molar-refractivity contribution in [3.8, 4) is 0 Å². The van der Waals surface area contributed by atoms with Crippen molar-refractivity contribution in [2.24, 2.45) is 5.92 Å². The van der Waals surface area contributed by atoms with Crippen LogP contribution >= 0.6 is 0 Å². The second-order valence-electron chi connectivity index (χ2n) is 6.49. The predicted molar refractivity (Wildman–Crippen MR) is 71.9 cm³/mol. The van der Waals surface area contributed by atoms with Crippen molar-refractivity contribution in [2.45, 2.75) is 65.5 Å². The van der Waals surface area contributed by atoms with E-state index in [0.717, 1.165) is 31.8 Å². The zero-order valence-corrected chi connectivity index (χ0v) is 12.0. The first-order valence-electron chi connectivity index (χ1n) is 6.84. The Bertz CT molecular complexity index is 257. The minimum absolute atomic E-state index is 0.0995. The lowest BCUT2D eigenvalue weighted by atomic mass is 9.93. The van der Waals surface area contributed by atoms with E-state index < -0.39 is 0 Å². The molecule has 2 unspecified atom stereocenters. The number of rotatable bonds is 3. The van der Waals surface area contributed by atoms with E-state index in [1.165, 1.54) is 0 Å². The van der Waals surface area contributed by atoms with Crippen LogP contribution in [-0.2, 0) is 4.79 Å². The number of piperidine rings is 1. The van der Waals surface area contributed by atoms with E-state index in [2.05, 4.69) is 44.8 Å². The van der Waals surface area contributed by atoms with Crippen molar-refractivity contribution in [3.05, 3.63) is 0 Å². The maximum atomic E-state index is 12.1. The highest BCUT2D eigenvalue weighted by Crippen LogP contribution is 2.22. The number of hydrogen-bond donors (Lipinski definition) is 1. The molecule has 0 aromatic carbocycles. The first-order chi connectivity index (χ1) is 7.79. The maximum Gasteiger partial charge on any atom is 0.224 e. The zero-order valence-electron chi connectivity index (χ0n) is 12.0. The van der Waals surface area contributed by atoms with Gasteiger partial charge in [-0.15, -0.1) is 0 Å². The summed E-state index contributed by atoms with van der Waals surface area (Å²) in [6, 6.07) is 0.417. The molecule has 100 valence electrons. The summed E-state index contributed by atoms with van der Waals surface area (Å²) < 4.78 is 0. The van der Waals surface area contributed by atoms with Gasteiger partial charge in [0.05, 0.1) is 0 Å². The molecule has 1 saturated heterocycles. The molecule has 0 aromatic rings. The molecule has 0 spiro atoms. The molecule has 0 radical (unpaired) electrons. The van der Waals surface area contributed by atoms with Gasteiger partial charge in [-0.3, -0.25) is 4.79 Å². The smallest absolute Gasteiger partial charge is 0.224 e. The molecule has 3 nitrogen and oxygen atoms in total. The van der Waals surface area contributed by atoms with E-state index in [0.29, 0.717) is 18.4 Å². The molecule has 0 saturated carbocycles. The molecule has 1 aliphatic rings. The second-order valence-corrected chi connectivity index (χ2v) is 6.49. The SMILES string of the molecule is CC1CCN(C(=O)CCNC(C)(C)C)C(C)C1. The highest BCUT2D eigenvalue weighted by molar-refractivity contribution is 5.76. The van der Waals surface area contributed by atoms with Crippen molar-refractivity contribution >= 4 is 5.91 Å². The van der Waals surface area contributed by atoms with Crippen LogP contribution in [0.2, 0.25) is 0 Å². The molecule has 2 atom stereocenters. The second kappa shape index (κ2) is 5.85. The number of nitrogens with zero attached hydrogens (tertiary/aromatic N) is 1. The van der Waals surface area contributed by atoms with Gasteiger partial charge in [-0.05, 0) is 46.5 Å². The molecule has 1 aliphatic heterocycles. The minimum atomic E-state index is 0.0995. The van der Waals surface area contributed by atoms with Gasteiger partial charge in [-0.25, -0.2) is 0 Å². The third-order valence-corrected chi connectivity index (χ3v) is 3.45. The summed E-state index contributed by atoms with van der Waals surface area (Å²) in [5.74, 6) is 1.07. The van der Waals surface area contributed by atoms with Gasteiger partial charge in [0.25, 0.3) is 0 Å². The minimum Gasteiger partial charge on any atom is -0.340 e. The lowest BCUT2D eigenvalue weighted by Crippen LogP contribution is -2.46.